The van der Waals surface area contributed by atoms with Gasteiger partial charge < -0.3 is 25.0 Å². The van der Waals surface area contributed by atoms with E-state index in [1.54, 1.807) is 12.1 Å². The quantitative estimate of drug-likeness (QED) is 0.313. The van der Waals surface area contributed by atoms with Crippen molar-refractivity contribution < 1.29 is 24.6 Å². The van der Waals surface area contributed by atoms with Gasteiger partial charge in [-0.3, -0.25) is 19.7 Å². The van der Waals surface area contributed by atoms with Gasteiger partial charge in [-0.25, -0.2) is 5.48 Å². The second-order valence-electron chi connectivity index (χ2n) is 9.24. The normalized spacial score (nSPS) is 18.4. The van der Waals surface area contributed by atoms with Gasteiger partial charge >= 0.3 is 0 Å². The lowest BCUT2D eigenvalue weighted by Crippen LogP contribution is -2.51. The number of nitrogens with zero attached hydrogens (tertiary/aromatic N) is 3. The van der Waals surface area contributed by atoms with Gasteiger partial charge in [-0.15, -0.1) is 0 Å². The van der Waals surface area contributed by atoms with Gasteiger partial charge in [0.25, 0.3) is 11.8 Å². The molecule has 2 heterocycles. The molecule has 0 bridgehead atoms. The molecule has 0 aliphatic carbocycles. The van der Waals surface area contributed by atoms with Crippen molar-refractivity contribution in [3.8, 4) is 0 Å². The van der Waals surface area contributed by atoms with Crippen molar-refractivity contribution >= 4 is 23.2 Å². The van der Waals surface area contributed by atoms with Crippen molar-refractivity contribution in [2.45, 2.75) is 25.6 Å². The molecule has 2 aromatic rings. The lowest BCUT2D eigenvalue weighted by molar-refractivity contribution is -0.133. The molecule has 10 nitrogen and oxygen atoms in total. The predicted molar refractivity (Wildman–Crippen MR) is 136 cm³/mol. The molecule has 0 saturated carbocycles. The number of anilines is 2. The van der Waals surface area contributed by atoms with Gasteiger partial charge in [-0.05, 0) is 48.9 Å². The first-order valence-corrected chi connectivity index (χ1v) is 12.4. The summed E-state index contributed by atoms with van der Waals surface area (Å²) in [7, 11) is 0. The molecule has 194 valence electrons. The van der Waals surface area contributed by atoms with Crippen molar-refractivity contribution in [3.05, 3.63) is 59.7 Å². The van der Waals surface area contributed by atoms with E-state index in [1.165, 1.54) is 23.7 Å². The number of ether oxygens (including phenoxy) is 1. The molecule has 0 aromatic heterocycles. The minimum atomic E-state index is -1.25. The number of rotatable bonds is 8. The van der Waals surface area contributed by atoms with E-state index in [0.29, 0.717) is 5.56 Å². The average molecular weight is 498 g/mol. The molecule has 2 aromatic carbocycles. The fourth-order valence-electron chi connectivity index (χ4n) is 4.58. The van der Waals surface area contributed by atoms with Crippen LogP contribution in [0.1, 0.15) is 22.8 Å². The van der Waals surface area contributed by atoms with Gasteiger partial charge in [0.2, 0.25) is 0 Å². The summed E-state index contributed by atoms with van der Waals surface area (Å²) in [6.45, 7) is 9.44. The molecule has 2 saturated heterocycles. The van der Waals surface area contributed by atoms with Crippen molar-refractivity contribution in [1.29, 1.82) is 0 Å². The summed E-state index contributed by atoms with van der Waals surface area (Å²) in [5.74, 6) is -1.38. The van der Waals surface area contributed by atoms with E-state index in [2.05, 4.69) is 44.3 Å². The number of piperazine rings is 1. The molecule has 0 radical (unpaired) electrons. The zero-order chi connectivity index (χ0) is 25.5. The Kier molecular flexibility index (Phi) is 8.76. The fraction of sp³-hybridized carbons (Fsp3) is 0.462. The minimum absolute atomic E-state index is 0.367. The van der Waals surface area contributed by atoms with E-state index in [-0.39, 0.29) is 0 Å². The van der Waals surface area contributed by atoms with Crippen molar-refractivity contribution in [1.82, 2.24) is 15.7 Å². The van der Waals surface area contributed by atoms with Crippen LogP contribution in [0.4, 0.5) is 11.4 Å². The lowest BCUT2D eigenvalue weighted by atomic mass is 10.1. The molecule has 36 heavy (non-hydrogen) atoms. The van der Waals surface area contributed by atoms with Crippen LogP contribution in [0.2, 0.25) is 0 Å². The Bertz CT molecular complexity index is 1000. The van der Waals surface area contributed by atoms with Gasteiger partial charge in [0.05, 0.1) is 19.3 Å². The Hall–Kier alpha value is -3.18. The van der Waals surface area contributed by atoms with E-state index >= 15 is 0 Å². The molecule has 2 aliphatic rings. The Labute approximate surface area is 211 Å². The number of aliphatic hydroxyl groups excluding tert-OH is 1. The summed E-state index contributed by atoms with van der Waals surface area (Å²) in [4.78, 5) is 31.2. The zero-order valence-electron chi connectivity index (χ0n) is 20.6. The first-order chi connectivity index (χ1) is 17.4. The highest BCUT2D eigenvalue weighted by atomic mass is 16.5. The number of hydrogen-bond donors (Lipinski definition) is 4. The smallest absolute Gasteiger partial charge is 0.268 e. The third-order valence-electron chi connectivity index (χ3n) is 6.75. The molecule has 4 N–H and O–H groups in total. The molecular formula is C26H35N5O5. The first kappa shape index (κ1) is 25.9. The number of morpholine rings is 1. The Balaban J connectivity index is 1.28. The van der Waals surface area contributed by atoms with Crippen LogP contribution in [0.15, 0.2) is 48.5 Å². The van der Waals surface area contributed by atoms with Gasteiger partial charge in [0, 0.05) is 62.8 Å². The topological polar surface area (TPSA) is 118 Å². The number of benzene rings is 2. The fourth-order valence-corrected chi connectivity index (χ4v) is 4.58. The van der Waals surface area contributed by atoms with Gasteiger partial charge in [-0.1, -0.05) is 12.1 Å². The van der Waals surface area contributed by atoms with E-state index in [1.807, 2.05) is 12.1 Å². The van der Waals surface area contributed by atoms with Gasteiger partial charge in [0.1, 0.15) is 6.04 Å². The average Bonchev–Trinajstić information content (AvgIpc) is 2.92. The van der Waals surface area contributed by atoms with Crippen LogP contribution in [0, 0.1) is 0 Å². The van der Waals surface area contributed by atoms with Gasteiger partial charge in [0.15, 0.2) is 0 Å². The SMILES string of the molecule is C[C@@H](O)C(NC(=O)c1ccc(N2CCN(c3ccc(CN4CCOCC4)cc3)CC2)cc1)C(=O)NO. The van der Waals surface area contributed by atoms with Crippen LogP contribution < -0.4 is 20.6 Å². The Morgan fingerprint density at radius 2 is 1.42 bits per heavy atom. The van der Waals surface area contributed by atoms with Crippen molar-refractivity contribution in [2.24, 2.45) is 0 Å². The molecule has 10 heteroatoms. The third kappa shape index (κ3) is 6.52. The van der Waals surface area contributed by atoms with Gasteiger partial charge in [-0.2, -0.15) is 0 Å². The summed E-state index contributed by atoms with van der Waals surface area (Å²) in [5.41, 5.74) is 5.39. The predicted octanol–water partition coefficient (Wildman–Crippen LogP) is 0.830. The third-order valence-corrected chi connectivity index (χ3v) is 6.75. The summed E-state index contributed by atoms with van der Waals surface area (Å²) in [6.07, 6.45) is -1.15. The molecule has 2 aliphatic heterocycles. The minimum Gasteiger partial charge on any atom is -0.391 e. The van der Waals surface area contributed by atoms with E-state index in [4.69, 9.17) is 9.94 Å². The highest BCUT2D eigenvalue weighted by Gasteiger charge is 2.26. The maximum Gasteiger partial charge on any atom is 0.268 e. The van der Waals surface area contributed by atoms with Crippen molar-refractivity contribution in [3.63, 3.8) is 0 Å². The Morgan fingerprint density at radius 3 is 1.92 bits per heavy atom. The second kappa shape index (κ2) is 12.2. The first-order valence-electron chi connectivity index (χ1n) is 12.4. The number of carbonyl (C=O) groups excluding carboxylic acids is 2. The molecule has 0 spiro atoms. The monoisotopic (exact) mass is 497 g/mol. The van der Waals surface area contributed by atoms with Crippen LogP contribution in [0.3, 0.4) is 0 Å². The summed E-state index contributed by atoms with van der Waals surface area (Å²) in [6, 6.07) is 14.8. The summed E-state index contributed by atoms with van der Waals surface area (Å²) >= 11 is 0. The number of amides is 2. The van der Waals surface area contributed by atoms with E-state index in [0.717, 1.165) is 64.7 Å². The van der Waals surface area contributed by atoms with E-state index < -0.39 is 24.0 Å². The zero-order valence-corrected chi connectivity index (χ0v) is 20.6. The summed E-state index contributed by atoms with van der Waals surface area (Å²) < 4.78 is 5.43. The standard InChI is InChI=1S/C26H35N5O5/c1-19(32)24(26(34)28-35)27-25(33)21-4-8-23(9-5-21)31-12-10-30(11-13-31)22-6-2-20(3-7-22)18-29-14-16-36-17-15-29/h2-9,19,24,32,35H,10-18H2,1H3,(H,27,33)(H,28,34)/t19-,24?/m1/s1. The van der Waals surface area contributed by atoms with Crippen LogP contribution >= 0.6 is 0 Å². The molecular weight excluding hydrogens is 462 g/mol. The number of nitrogens with one attached hydrogen (secondary N) is 2. The number of aliphatic hydroxyl groups is 1. The second-order valence-corrected chi connectivity index (χ2v) is 9.24. The van der Waals surface area contributed by atoms with Crippen molar-refractivity contribution in [2.75, 3.05) is 62.3 Å². The Morgan fingerprint density at radius 1 is 0.889 bits per heavy atom. The lowest BCUT2D eigenvalue weighted by Gasteiger charge is -2.37. The highest BCUT2D eigenvalue weighted by Crippen LogP contribution is 2.22. The molecule has 2 fully saturated rings. The molecule has 2 atom stereocenters. The summed E-state index contributed by atoms with van der Waals surface area (Å²) in [5, 5.41) is 21.0. The number of carbonyl (C=O) groups is 2. The molecule has 1 unspecified atom stereocenters. The molecule has 4 rings (SSSR count). The van der Waals surface area contributed by atoms with Crippen LogP contribution in [-0.2, 0) is 16.1 Å². The number of hydroxylamine groups is 1. The number of hydrogen-bond acceptors (Lipinski definition) is 8. The maximum atomic E-state index is 12.5. The maximum absolute atomic E-state index is 12.5. The molecule has 2 amide bonds. The van der Waals surface area contributed by atoms with Crippen LogP contribution in [-0.4, -0.2) is 91.7 Å². The van der Waals surface area contributed by atoms with Crippen LogP contribution in [0.25, 0.3) is 0 Å². The van der Waals surface area contributed by atoms with E-state index in [9.17, 15) is 14.7 Å². The van der Waals surface area contributed by atoms with Crippen LogP contribution in [0.5, 0.6) is 0 Å². The largest absolute Gasteiger partial charge is 0.391 e. The highest BCUT2D eigenvalue weighted by molar-refractivity contribution is 5.97.